The maximum atomic E-state index is 11.0. The minimum Gasteiger partial charge on any atom is -0.326 e. The molecule has 0 aromatic heterocycles. The second kappa shape index (κ2) is 7.44. The van der Waals surface area contributed by atoms with Gasteiger partial charge >= 0.3 is 0 Å². The molecule has 1 fully saturated rings. The highest BCUT2D eigenvalue weighted by atomic mass is 16.1. The average Bonchev–Trinajstić information content (AvgIpc) is 2.46. The van der Waals surface area contributed by atoms with Crippen LogP contribution in [0.25, 0.3) is 0 Å². The number of nitrogens with one attached hydrogen (secondary N) is 2. The largest absolute Gasteiger partial charge is 0.326 e. The van der Waals surface area contributed by atoms with Crippen LogP contribution in [-0.2, 0) is 11.3 Å². The average molecular weight is 274 g/mol. The van der Waals surface area contributed by atoms with Gasteiger partial charge < -0.3 is 10.6 Å². The predicted octanol–water partition coefficient (Wildman–Crippen LogP) is 3.70. The predicted molar refractivity (Wildman–Crippen MR) is 83.6 cm³/mol. The van der Waals surface area contributed by atoms with Crippen molar-refractivity contribution in [3.8, 4) is 0 Å². The summed E-state index contributed by atoms with van der Waals surface area (Å²) in [6.45, 7) is 4.75. The van der Waals surface area contributed by atoms with Crippen molar-refractivity contribution in [2.75, 3.05) is 5.32 Å². The summed E-state index contributed by atoms with van der Waals surface area (Å²) < 4.78 is 0. The molecule has 0 aliphatic heterocycles. The number of rotatable bonds is 5. The summed E-state index contributed by atoms with van der Waals surface area (Å²) in [7, 11) is 0. The standard InChI is InChI=1S/C17H26N2O/c1-3-14-5-4-6-17(11-14)18-12-15-7-9-16(10-8-15)19-13(2)20/h7-10,14,17-18H,3-6,11-12H2,1-2H3,(H,19,20). The van der Waals surface area contributed by atoms with E-state index >= 15 is 0 Å². The van der Waals surface area contributed by atoms with Gasteiger partial charge in [-0.15, -0.1) is 0 Å². The van der Waals surface area contributed by atoms with Gasteiger partial charge in [-0.2, -0.15) is 0 Å². The summed E-state index contributed by atoms with van der Waals surface area (Å²) in [5, 5.41) is 6.47. The topological polar surface area (TPSA) is 41.1 Å². The van der Waals surface area contributed by atoms with E-state index in [9.17, 15) is 4.79 Å². The van der Waals surface area contributed by atoms with Crippen LogP contribution < -0.4 is 10.6 Å². The molecular formula is C17H26N2O. The van der Waals surface area contributed by atoms with Gasteiger partial charge in [-0.1, -0.05) is 38.3 Å². The molecule has 1 aliphatic carbocycles. The Balaban J connectivity index is 1.80. The SMILES string of the molecule is CCC1CCCC(NCc2ccc(NC(C)=O)cc2)C1. The van der Waals surface area contributed by atoms with Crippen molar-refractivity contribution in [1.29, 1.82) is 0 Å². The van der Waals surface area contributed by atoms with Crippen molar-refractivity contribution >= 4 is 11.6 Å². The van der Waals surface area contributed by atoms with Crippen LogP contribution in [0.2, 0.25) is 0 Å². The van der Waals surface area contributed by atoms with Crippen LogP contribution in [-0.4, -0.2) is 11.9 Å². The summed E-state index contributed by atoms with van der Waals surface area (Å²) >= 11 is 0. The van der Waals surface area contributed by atoms with Crippen LogP contribution in [0.3, 0.4) is 0 Å². The minimum atomic E-state index is -0.0244. The fourth-order valence-corrected chi connectivity index (χ4v) is 3.02. The maximum absolute atomic E-state index is 11.0. The summed E-state index contributed by atoms with van der Waals surface area (Å²) in [5.74, 6) is 0.882. The first-order valence-electron chi connectivity index (χ1n) is 7.77. The highest BCUT2D eigenvalue weighted by Crippen LogP contribution is 2.26. The fraction of sp³-hybridized carbons (Fsp3) is 0.588. The Morgan fingerprint density at radius 1 is 1.25 bits per heavy atom. The quantitative estimate of drug-likeness (QED) is 0.859. The number of amides is 1. The molecule has 0 radical (unpaired) electrons. The van der Waals surface area contributed by atoms with E-state index in [2.05, 4.69) is 29.7 Å². The molecule has 1 aromatic carbocycles. The lowest BCUT2D eigenvalue weighted by molar-refractivity contribution is -0.114. The third kappa shape index (κ3) is 4.64. The second-order valence-corrected chi connectivity index (χ2v) is 5.90. The van der Waals surface area contributed by atoms with Gasteiger partial charge in [-0.05, 0) is 36.5 Å². The Labute approximate surface area is 122 Å². The fourth-order valence-electron chi connectivity index (χ4n) is 3.02. The van der Waals surface area contributed by atoms with E-state index in [0.717, 1.165) is 18.2 Å². The van der Waals surface area contributed by atoms with Crippen LogP contribution in [0.5, 0.6) is 0 Å². The zero-order chi connectivity index (χ0) is 14.4. The minimum absolute atomic E-state index is 0.0244. The highest BCUT2D eigenvalue weighted by Gasteiger charge is 2.19. The molecule has 1 saturated carbocycles. The zero-order valence-electron chi connectivity index (χ0n) is 12.6. The van der Waals surface area contributed by atoms with Gasteiger partial charge in [-0.25, -0.2) is 0 Å². The van der Waals surface area contributed by atoms with Gasteiger partial charge in [0.05, 0.1) is 0 Å². The maximum Gasteiger partial charge on any atom is 0.221 e. The van der Waals surface area contributed by atoms with E-state index in [0.29, 0.717) is 6.04 Å². The molecule has 0 spiro atoms. The molecule has 3 nitrogen and oxygen atoms in total. The van der Waals surface area contributed by atoms with Crippen molar-refractivity contribution in [3.63, 3.8) is 0 Å². The Kier molecular flexibility index (Phi) is 5.60. The molecule has 2 rings (SSSR count). The highest BCUT2D eigenvalue weighted by molar-refractivity contribution is 5.88. The lowest BCUT2D eigenvalue weighted by Crippen LogP contribution is -2.33. The molecule has 20 heavy (non-hydrogen) atoms. The van der Waals surface area contributed by atoms with Crippen molar-refractivity contribution in [2.45, 2.75) is 58.5 Å². The molecule has 3 heteroatoms. The van der Waals surface area contributed by atoms with Crippen LogP contribution >= 0.6 is 0 Å². The van der Waals surface area contributed by atoms with Crippen molar-refractivity contribution in [2.24, 2.45) is 5.92 Å². The van der Waals surface area contributed by atoms with Gasteiger partial charge in [0, 0.05) is 25.2 Å². The molecular weight excluding hydrogens is 248 g/mol. The molecule has 1 aliphatic rings. The van der Waals surface area contributed by atoms with Crippen LogP contribution in [0, 0.1) is 5.92 Å². The number of anilines is 1. The van der Waals surface area contributed by atoms with Crippen molar-refractivity contribution < 1.29 is 4.79 Å². The van der Waals surface area contributed by atoms with Gasteiger partial charge in [-0.3, -0.25) is 4.79 Å². The van der Waals surface area contributed by atoms with E-state index in [-0.39, 0.29) is 5.91 Å². The monoisotopic (exact) mass is 274 g/mol. The lowest BCUT2D eigenvalue weighted by Gasteiger charge is -2.29. The molecule has 1 amide bonds. The molecule has 1 aromatic rings. The number of carbonyl (C=O) groups is 1. The summed E-state index contributed by atoms with van der Waals surface area (Å²) in [5.41, 5.74) is 2.14. The van der Waals surface area contributed by atoms with Gasteiger partial charge in [0.1, 0.15) is 0 Å². The zero-order valence-corrected chi connectivity index (χ0v) is 12.6. The second-order valence-electron chi connectivity index (χ2n) is 5.90. The number of benzene rings is 1. The van der Waals surface area contributed by atoms with Crippen LogP contribution in [0.4, 0.5) is 5.69 Å². The Morgan fingerprint density at radius 3 is 2.65 bits per heavy atom. The number of hydrogen-bond acceptors (Lipinski definition) is 2. The van der Waals surface area contributed by atoms with E-state index in [1.807, 2.05) is 12.1 Å². The van der Waals surface area contributed by atoms with Gasteiger partial charge in [0.2, 0.25) is 5.91 Å². The van der Waals surface area contributed by atoms with Crippen LogP contribution in [0.15, 0.2) is 24.3 Å². The van der Waals surface area contributed by atoms with Crippen molar-refractivity contribution in [3.05, 3.63) is 29.8 Å². The molecule has 0 saturated heterocycles. The van der Waals surface area contributed by atoms with E-state index in [1.54, 1.807) is 0 Å². The Morgan fingerprint density at radius 2 is 2.00 bits per heavy atom. The summed E-state index contributed by atoms with van der Waals surface area (Å²) in [6.07, 6.45) is 6.70. The molecule has 2 unspecified atom stereocenters. The summed E-state index contributed by atoms with van der Waals surface area (Å²) in [6, 6.07) is 8.77. The van der Waals surface area contributed by atoms with Crippen LogP contribution in [0.1, 0.15) is 51.5 Å². The van der Waals surface area contributed by atoms with E-state index < -0.39 is 0 Å². The smallest absolute Gasteiger partial charge is 0.221 e. The first-order chi connectivity index (χ1) is 9.67. The van der Waals surface area contributed by atoms with Gasteiger partial charge in [0.15, 0.2) is 0 Å². The number of carbonyl (C=O) groups excluding carboxylic acids is 1. The molecule has 0 heterocycles. The first kappa shape index (κ1) is 15.0. The molecule has 2 atom stereocenters. The van der Waals surface area contributed by atoms with Crippen molar-refractivity contribution in [1.82, 2.24) is 5.32 Å². The number of hydrogen-bond donors (Lipinski definition) is 2. The molecule has 0 bridgehead atoms. The van der Waals surface area contributed by atoms with E-state index in [1.165, 1.54) is 44.6 Å². The normalized spacial score (nSPS) is 22.5. The molecule has 110 valence electrons. The Bertz CT molecular complexity index is 427. The third-order valence-corrected chi connectivity index (χ3v) is 4.23. The summed E-state index contributed by atoms with van der Waals surface area (Å²) in [4.78, 5) is 11.0. The van der Waals surface area contributed by atoms with E-state index in [4.69, 9.17) is 0 Å². The van der Waals surface area contributed by atoms with Gasteiger partial charge in [0.25, 0.3) is 0 Å². The molecule has 2 N–H and O–H groups in total. The third-order valence-electron chi connectivity index (χ3n) is 4.23. The lowest BCUT2D eigenvalue weighted by atomic mass is 9.84. The Hall–Kier alpha value is -1.35. The first-order valence-corrected chi connectivity index (χ1v) is 7.77.